The minimum absolute atomic E-state index is 0.0512. The van der Waals surface area contributed by atoms with Crippen molar-refractivity contribution < 1.29 is 18.9 Å². The van der Waals surface area contributed by atoms with Gasteiger partial charge in [0.05, 0.1) is 39.6 Å². The third-order valence-electron chi connectivity index (χ3n) is 4.81. The van der Waals surface area contributed by atoms with Gasteiger partial charge in [-0.2, -0.15) is 0 Å². The van der Waals surface area contributed by atoms with Crippen molar-refractivity contribution in [3.63, 3.8) is 0 Å². The maximum absolute atomic E-state index is 5.82. The Morgan fingerprint density at radius 2 is 1.23 bits per heavy atom. The summed E-state index contributed by atoms with van der Waals surface area (Å²) < 4.78 is 22.8. The molecule has 0 saturated carbocycles. The molecule has 2 atom stereocenters. The average Bonchev–Trinajstić information content (AvgIpc) is 2.45. The third-order valence-corrected chi connectivity index (χ3v) is 4.81. The number of ether oxygens (including phenoxy) is 4. The third kappa shape index (κ3) is 2.29. The van der Waals surface area contributed by atoms with Crippen molar-refractivity contribution in [2.24, 2.45) is 10.8 Å². The van der Waals surface area contributed by atoms with Crippen LogP contribution in [0, 0.1) is 10.8 Å². The molecule has 4 nitrogen and oxygen atoms in total. The quantitative estimate of drug-likeness (QED) is 0.845. The van der Waals surface area contributed by atoms with Gasteiger partial charge in [0.25, 0.3) is 0 Å². The van der Waals surface area contributed by atoms with Crippen molar-refractivity contribution in [1.82, 2.24) is 0 Å². The Morgan fingerprint density at radius 1 is 0.818 bits per heavy atom. The summed E-state index contributed by atoms with van der Waals surface area (Å²) in [6, 6.07) is 4.11. The van der Waals surface area contributed by atoms with Gasteiger partial charge in [0.1, 0.15) is 11.5 Å². The van der Waals surface area contributed by atoms with E-state index in [1.807, 2.05) is 6.07 Å². The first kappa shape index (κ1) is 15.6. The zero-order chi connectivity index (χ0) is 16.1. The molecule has 2 fully saturated rings. The molecule has 122 valence electrons. The predicted octanol–water partition coefficient (Wildman–Crippen LogP) is 3.90. The molecule has 0 aromatic heterocycles. The summed E-state index contributed by atoms with van der Waals surface area (Å²) in [6.07, 6.45) is 0.102. The van der Waals surface area contributed by atoms with E-state index < -0.39 is 0 Å². The van der Waals surface area contributed by atoms with E-state index in [2.05, 4.69) is 33.8 Å². The highest BCUT2D eigenvalue weighted by atomic mass is 16.5. The average molecular weight is 306 g/mol. The molecule has 22 heavy (non-hydrogen) atoms. The lowest BCUT2D eigenvalue weighted by molar-refractivity contribution is -0.176. The van der Waals surface area contributed by atoms with Crippen LogP contribution < -0.4 is 9.47 Å². The Balaban J connectivity index is 2.06. The van der Waals surface area contributed by atoms with Gasteiger partial charge < -0.3 is 18.9 Å². The molecule has 1 aromatic carbocycles. The van der Waals surface area contributed by atoms with Crippen molar-refractivity contribution in [2.45, 2.75) is 39.9 Å². The smallest absolute Gasteiger partial charge is 0.128 e. The second-order valence-electron chi connectivity index (χ2n) is 7.70. The molecule has 3 rings (SSSR count). The SMILES string of the molecule is COc1cc(OC)c(C2OCC2(C)C)cc1C1OCC1(C)C. The predicted molar refractivity (Wildman–Crippen MR) is 84.5 cm³/mol. The van der Waals surface area contributed by atoms with Crippen molar-refractivity contribution in [2.75, 3.05) is 27.4 Å². The topological polar surface area (TPSA) is 36.9 Å². The number of rotatable bonds is 4. The van der Waals surface area contributed by atoms with Crippen molar-refractivity contribution >= 4 is 0 Å². The van der Waals surface area contributed by atoms with Crippen LogP contribution in [0.1, 0.15) is 51.0 Å². The summed E-state index contributed by atoms with van der Waals surface area (Å²) in [7, 11) is 3.38. The van der Waals surface area contributed by atoms with Crippen LogP contribution in [-0.2, 0) is 9.47 Å². The molecular weight excluding hydrogens is 280 g/mol. The summed E-state index contributed by atoms with van der Waals surface area (Å²) in [6.45, 7) is 10.4. The maximum Gasteiger partial charge on any atom is 0.128 e. The molecule has 2 heterocycles. The summed E-state index contributed by atoms with van der Waals surface area (Å²) in [5.74, 6) is 1.63. The number of hydrogen-bond acceptors (Lipinski definition) is 4. The standard InChI is InChI=1S/C18H26O4/c1-17(2)9-21-15(17)11-7-12(16-18(3,4)10-22-16)14(20-6)8-13(11)19-5/h7-8,15-16H,9-10H2,1-6H3. The summed E-state index contributed by atoms with van der Waals surface area (Å²) in [5.41, 5.74) is 2.41. The van der Waals surface area contributed by atoms with Gasteiger partial charge in [0.2, 0.25) is 0 Å². The van der Waals surface area contributed by atoms with Crippen molar-refractivity contribution in [3.8, 4) is 11.5 Å². The highest BCUT2D eigenvalue weighted by Gasteiger charge is 2.46. The molecule has 0 radical (unpaired) electrons. The molecule has 0 spiro atoms. The second-order valence-corrected chi connectivity index (χ2v) is 7.70. The number of hydrogen-bond donors (Lipinski definition) is 0. The molecule has 0 bridgehead atoms. The van der Waals surface area contributed by atoms with Crippen LogP contribution in [0.15, 0.2) is 12.1 Å². The van der Waals surface area contributed by atoms with E-state index in [9.17, 15) is 0 Å². The fraction of sp³-hybridized carbons (Fsp3) is 0.667. The minimum atomic E-state index is 0.0512. The normalized spacial score (nSPS) is 28.5. The summed E-state index contributed by atoms with van der Waals surface area (Å²) in [5, 5.41) is 0. The number of methoxy groups -OCH3 is 2. The highest BCUT2D eigenvalue weighted by Crippen LogP contribution is 2.53. The van der Waals surface area contributed by atoms with E-state index in [0.29, 0.717) is 0 Å². The van der Waals surface area contributed by atoms with E-state index in [1.54, 1.807) is 14.2 Å². The molecule has 2 unspecified atom stereocenters. The molecule has 0 N–H and O–H groups in total. The summed E-state index contributed by atoms with van der Waals surface area (Å²) in [4.78, 5) is 0. The first-order valence-corrected chi connectivity index (χ1v) is 7.79. The molecule has 4 heteroatoms. The lowest BCUT2D eigenvalue weighted by Crippen LogP contribution is -2.42. The maximum atomic E-state index is 5.82. The minimum Gasteiger partial charge on any atom is -0.496 e. The Hall–Kier alpha value is -1.26. The van der Waals surface area contributed by atoms with Crippen LogP contribution in [-0.4, -0.2) is 27.4 Å². The first-order valence-electron chi connectivity index (χ1n) is 7.79. The van der Waals surface area contributed by atoms with E-state index in [1.165, 1.54) is 0 Å². The molecular formula is C18H26O4. The van der Waals surface area contributed by atoms with Gasteiger partial charge in [-0.1, -0.05) is 27.7 Å². The van der Waals surface area contributed by atoms with Gasteiger partial charge in [-0.3, -0.25) is 0 Å². The van der Waals surface area contributed by atoms with Crippen LogP contribution in [0.2, 0.25) is 0 Å². The Kier molecular flexibility index (Phi) is 3.65. The monoisotopic (exact) mass is 306 g/mol. The van der Waals surface area contributed by atoms with Crippen molar-refractivity contribution in [3.05, 3.63) is 23.3 Å². The zero-order valence-corrected chi connectivity index (χ0v) is 14.4. The molecule has 0 aliphatic carbocycles. The van der Waals surface area contributed by atoms with Gasteiger partial charge in [0, 0.05) is 28.0 Å². The summed E-state index contributed by atoms with van der Waals surface area (Å²) >= 11 is 0. The van der Waals surface area contributed by atoms with Gasteiger partial charge in [-0.15, -0.1) is 0 Å². The zero-order valence-electron chi connectivity index (χ0n) is 14.4. The fourth-order valence-electron chi connectivity index (χ4n) is 3.38. The van der Waals surface area contributed by atoms with E-state index in [4.69, 9.17) is 18.9 Å². The lowest BCUT2D eigenvalue weighted by atomic mass is 9.75. The van der Waals surface area contributed by atoms with Gasteiger partial charge in [-0.05, 0) is 6.07 Å². The molecule has 0 amide bonds. The van der Waals surface area contributed by atoms with Crippen LogP contribution in [0.4, 0.5) is 0 Å². The molecule has 2 saturated heterocycles. The van der Waals surface area contributed by atoms with Crippen LogP contribution in [0.25, 0.3) is 0 Å². The Labute approximate surface area is 132 Å². The van der Waals surface area contributed by atoms with E-state index >= 15 is 0 Å². The second kappa shape index (κ2) is 5.14. The highest BCUT2D eigenvalue weighted by molar-refractivity contribution is 5.50. The molecule has 2 aliphatic rings. The Morgan fingerprint density at radius 3 is 1.45 bits per heavy atom. The van der Waals surface area contributed by atoms with Crippen LogP contribution in [0.5, 0.6) is 11.5 Å². The van der Waals surface area contributed by atoms with Crippen LogP contribution in [0.3, 0.4) is 0 Å². The molecule has 2 aliphatic heterocycles. The molecule has 1 aromatic rings. The van der Waals surface area contributed by atoms with Gasteiger partial charge >= 0.3 is 0 Å². The number of benzene rings is 1. The first-order chi connectivity index (χ1) is 10.3. The Bertz CT molecular complexity index is 529. The van der Waals surface area contributed by atoms with E-state index in [0.717, 1.165) is 35.8 Å². The van der Waals surface area contributed by atoms with E-state index in [-0.39, 0.29) is 23.0 Å². The lowest BCUT2D eigenvalue weighted by Gasteiger charge is -2.47. The fourth-order valence-corrected chi connectivity index (χ4v) is 3.38. The largest absolute Gasteiger partial charge is 0.496 e. The van der Waals surface area contributed by atoms with Gasteiger partial charge in [0.15, 0.2) is 0 Å². The van der Waals surface area contributed by atoms with Crippen molar-refractivity contribution in [1.29, 1.82) is 0 Å². The van der Waals surface area contributed by atoms with Gasteiger partial charge in [-0.25, -0.2) is 0 Å². The van der Waals surface area contributed by atoms with Crippen LogP contribution >= 0.6 is 0 Å².